The van der Waals surface area contributed by atoms with Gasteiger partial charge >= 0.3 is 0 Å². The predicted octanol–water partition coefficient (Wildman–Crippen LogP) is 2.67. The van der Waals surface area contributed by atoms with Gasteiger partial charge < -0.3 is 5.32 Å². The number of nitrogens with one attached hydrogen (secondary N) is 1. The van der Waals surface area contributed by atoms with E-state index < -0.39 is 0 Å². The minimum absolute atomic E-state index is 0.489. The van der Waals surface area contributed by atoms with Crippen molar-refractivity contribution in [1.29, 1.82) is 0 Å². The van der Waals surface area contributed by atoms with Crippen molar-refractivity contribution in [2.45, 2.75) is 40.5 Å². The van der Waals surface area contributed by atoms with Crippen molar-refractivity contribution in [3.63, 3.8) is 0 Å². The Morgan fingerprint density at radius 3 is 2.50 bits per heavy atom. The van der Waals surface area contributed by atoms with Crippen LogP contribution in [0.3, 0.4) is 0 Å². The lowest BCUT2D eigenvalue weighted by atomic mass is 9.77. The highest BCUT2D eigenvalue weighted by Gasteiger charge is 2.24. The number of hydrogen-bond donors (Lipinski definition) is 1. The highest BCUT2D eigenvalue weighted by atomic mass is 14.9. The molecule has 0 saturated carbocycles. The summed E-state index contributed by atoms with van der Waals surface area (Å²) in [7, 11) is 0. The van der Waals surface area contributed by atoms with Gasteiger partial charge in [-0.15, -0.1) is 0 Å². The molecule has 0 amide bonds. The molecule has 1 heterocycles. The number of rotatable bonds is 2. The van der Waals surface area contributed by atoms with Crippen LogP contribution in [0.1, 0.15) is 40.5 Å². The third-order valence-electron chi connectivity index (χ3n) is 3.33. The van der Waals surface area contributed by atoms with E-state index in [9.17, 15) is 0 Å². The molecule has 0 bridgehead atoms. The second-order valence-corrected chi connectivity index (χ2v) is 5.36. The lowest BCUT2D eigenvalue weighted by Crippen LogP contribution is -2.21. The molecular weight excluding hydrogens is 146 g/mol. The van der Waals surface area contributed by atoms with E-state index >= 15 is 0 Å². The summed E-state index contributed by atoms with van der Waals surface area (Å²) in [6.07, 6.45) is 2.79. The first kappa shape index (κ1) is 10.0. The van der Waals surface area contributed by atoms with Crippen molar-refractivity contribution in [1.82, 2.24) is 5.32 Å². The maximum Gasteiger partial charge on any atom is -0.00199 e. The van der Waals surface area contributed by atoms with Gasteiger partial charge in [0, 0.05) is 0 Å². The van der Waals surface area contributed by atoms with Gasteiger partial charge in [-0.1, -0.05) is 27.7 Å². The first-order valence-corrected chi connectivity index (χ1v) is 5.21. The molecule has 1 N–H and O–H groups in total. The minimum atomic E-state index is 0.489. The second kappa shape index (κ2) is 3.78. The molecule has 0 radical (unpaired) electrons. The van der Waals surface area contributed by atoms with Crippen LogP contribution >= 0.6 is 0 Å². The van der Waals surface area contributed by atoms with Gasteiger partial charge in [-0.2, -0.15) is 0 Å². The van der Waals surface area contributed by atoms with Crippen LogP contribution in [0, 0.1) is 17.3 Å². The third-order valence-corrected chi connectivity index (χ3v) is 3.33. The molecule has 0 aromatic rings. The van der Waals surface area contributed by atoms with E-state index in [1.54, 1.807) is 0 Å². The van der Waals surface area contributed by atoms with Crippen LogP contribution in [0.25, 0.3) is 0 Å². The van der Waals surface area contributed by atoms with Gasteiger partial charge in [-0.3, -0.25) is 0 Å². The van der Waals surface area contributed by atoms with Crippen LogP contribution in [-0.4, -0.2) is 13.1 Å². The lowest BCUT2D eigenvalue weighted by Gasteiger charge is -2.29. The summed E-state index contributed by atoms with van der Waals surface area (Å²) in [5.74, 6) is 1.79. The standard InChI is InChI=1S/C11H23N/c1-9(11(2,3)4)7-10-5-6-12-8-10/h9-10,12H,5-8H2,1-4H3. The Kier molecular flexibility index (Phi) is 3.16. The average Bonchev–Trinajstić information content (AvgIpc) is 2.37. The normalized spacial score (nSPS) is 27.5. The molecule has 1 rings (SSSR count). The number of hydrogen-bond acceptors (Lipinski definition) is 1. The quantitative estimate of drug-likeness (QED) is 0.670. The van der Waals surface area contributed by atoms with Crippen LogP contribution in [0.5, 0.6) is 0 Å². The van der Waals surface area contributed by atoms with Crippen molar-refractivity contribution in [3.05, 3.63) is 0 Å². The monoisotopic (exact) mass is 169 g/mol. The molecule has 1 aliphatic heterocycles. The van der Waals surface area contributed by atoms with Crippen LogP contribution in [-0.2, 0) is 0 Å². The zero-order valence-electron chi connectivity index (χ0n) is 8.98. The average molecular weight is 169 g/mol. The van der Waals surface area contributed by atoms with Crippen molar-refractivity contribution in [3.8, 4) is 0 Å². The van der Waals surface area contributed by atoms with Gasteiger partial charge in [0.1, 0.15) is 0 Å². The zero-order chi connectivity index (χ0) is 9.19. The van der Waals surface area contributed by atoms with Crippen molar-refractivity contribution < 1.29 is 0 Å². The van der Waals surface area contributed by atoms with Crippen LogP contribution in [0.4, 0.5) is 0 Å². The summed E-state index contributed by atoms with van der Waals surface area (Å²) in [6, 6.07) is 0. The molecule has 72 valence electrons. The maximum absolute atomic E-state index is 3.43. The Hall–Kier alpha value is -0.0400. The Balaban J connectivity index is 2.30. The van der Waals surface area contributed by atoms with E-state index in [2.05, 4.69) is 33.0 Å². The third kappa shape index (κ3) is 2.78. The molecule has 0 aliphatic carbocycles. The first-order valence-electron chi connectivity index (χ1n) is 5.21. The molecule has 2 unspecified atom stereocenters. The van der Waals surface area contributed by atoms with Crippen molar-refractivity contribution in [2.24, 2.45) is 17.3 Å². The van der Waals surface area contributed by atoms with Gasteiger partial charge in [0.25, 0.3) is 0 Å². The molecule has 1 heteroatoms. The molecule has 1 saturated heterocycles. The summed E-state index contributed by atoms with van der Waals surface area (Å²) >= 11 is 0. The zero-order valence-corrected chi connectivity index (χ0v) is 8.98. The van der Waals surface area contributed by atoms with E-state index in [4.69, 9.17) is 0 Å². The summed E-state index contributed by atoms with van der Waals surface area (Å²) in [5.41, 5.74) is 0.489. The molecule has 1 fully saturated rings. The Labute approximate surface area is 76.9 Å². The smallest absolute Gasteiger partial charge is 0.00199 e. The van der Waals surface area contributed by atoms with Crippen molar-refractivity contribution in [2.75, 3.05) is 13.1 Å². The molecule has 2 atom stereocenters. The molecule has 0 aromatic heterocycles. The molecular formula is C11H23N. The lowest BCUT2D eigenvalue weighted by molar-refractivity contribution is 0.219. The molecule has 0 spiro atoms. The molecule has 1 aliphatic rings. The highest BCUT2D eigenvalue weighted by molar-refractivity contribution is 4.78. The Morgan fingerprint density at radius 1 is 1.42 bits per heavy atom. The van der Waals surface area contributed by atoms with Gasteiger partial charge in [0.15, 0.2) is 0 Å². The van der Waals surface area contributed by atoms with Gasteiger partial charge in [-0.05, 0) is 43.2 Å². The second-order valence-electron chi connectivity index (χ2n) is 5.36. The summed E-state index contributed by atoms with van der Waals surface area (Å²) < 4.78 is 0. The minimum Gasteiger partial charge on any atom is -0.316 e. The van der Waals surface area contributed by atoms with E-state index in [-0.39, 0.29) is 0 Å². The fourth-order valence-corrected chi connectivity index (χ4v) is 1.77. The topological polar surface area (TPSA) is 12.0 Å². The van der Waals surface area contributed by atoms with Crippen LogP contribution in [0.2, 0.25) is 0 Å². The first-order chi connectivity index (χ1) is 5.50. The molecule has 12 heavy (non-hydrogen) atoms. The largest absolute Gasteiger partial charge is 0.316 e. The van der Waals surface area contributed by atoms with Crippen LogP contribution < -0.4 is 5.32 Å². The maximum atomic E-state index is 3.43. The SMILES string of the molecule is CC(CC1CCNC1)C(C)(C)C. The predicted molar refractivity (Wildman–Crippen MR) is 54.2 cm³/mol. The summed E-state index contributed by atoms with van der Waals surface area (Å²) in [6.45, 7) is 11.9. The van der Waals surface area contributed by atoms with Gasteiger partial charge in [0.2, 0.25) is 0 Å². The molecule has 0 aromatic carbocycles. The highest BCUT2D eigenvalue weighted by Crippen LogP contribution is 2.32. The van der Waals surface area contributed by atoms with Gasteiger partial charge in [0.05, 0.1) is 0 Å². The van der Waals surface area contributed by atoms with Gasteiger partial charge in [-0.25, -0.2) is 0 Å². The van der Waals surface area contributed by atoms with E-state index in [0.29, 0.717) is 5.41 Å². The van der Waals surface area contributed by atoms with Crippen LogP contribution in [0.15, 0.2) is 0 Å². The van der Waals surface area contributed by atoms with Crippen molar-refractivity contribution >= 4 is 0 Å². The molecule has 1 nitrogen and oxygen atoms in total. The Bertz CT molecular complexity index is 128. The Morgan fingerprint density at radius 2 is 2.08 bits per heavy atom. The fourth-order valence-electron chi connectivity index (χ4n) is 1.77. The fraction of sp³-hybridized carbons (Fsp3) is 1.00. The van der Waals surface area contributed by atoms with E-state index in [1.165, 1.54) is 25.9 Å². The summed E-state index contributed by atoms with van der Waals surface area (Å²) in [4.78, 5) is 0. The van der Waals surface area contributed by atoms with E-state index in [0.717, 1.165) is 11.8 Å². The summed E-state index contributed by atoms with van der Waals surface area (Å²) in [5, 5.41) is 3.43. The van der Waals surface area contributed by atoms with E-state index in [1.807, 2.05) is 0 Å².